The first-order valence-electron chi connectivity index (χ1n) is 10.7. The zero-order valence-corrected chi connectivity index (χ0v) is 18.9. The van der Waals surface area contributed by atoms with Crippen molar-refractivity contribution in [2.24, 2.45) is 0 Å². The molecule has 1 saturated heterocycles. The highest BCUT2D eigenvalue weighted by Gasteiger charge is 2.30. The van der Waals surface area contributed by atoms with Crippen molar-refractivity contribution < 1.29 is 32.9 Å². The Morgan fingerprint density at radius 3 is 2.65 bits per heavy atom. The number of esters is 1. The molecule has 0 amide bonds. The van der Waals surface area contributed by atoms with Gasteiger partial charge in [-0.3, -0.25) is 19.3 Å². The molecule has 1 aliphatic rings. The minimum Gasteiger partial charge on any atom is -0.502 e. The molecule has 1 aromatic carbocycles. The number of hydrogen-bond acceptors (Lipinski definition) is 10. The van der Waals surface area contributed by atoms with E-state index >= 15 is 0 Å². The number of nitrogens with zero attached hydrogens (tertiary/aromatic N) is 1. The van der Waals surface area contributed by atoms with Crippen LogP contribution in [0.1, 0.15) is 29.4 Å². The number of carbonyl (C=O) groups is 1. The van der Waals surface area contributed by atoms with Crippen molar-refractivity contribution in [1.82, 2.24) is 4.90 Å². The number of morpholine rings is 1. The lowest BCUT2D eigenvalue weighted by Gasteiger charge is -2.26. The minimum atomic E-state index is -1.11. The summed E-state index contributed by atoms with van der Waals surface area (Å²) in [7, 11) is 2.68. The molecule has 0 saturated carbocycles. The molecule has 0 radical (unpaired) electrons. The van der Waals surface area contributed by atoms with E-state index in [-0.39, 0.29) is 23.1 Å². The average molecular weight is 471 g/mol. The van der Waals surface area contributed by atoms with Gasteiger partial charge in [-0.05, 0) is 18.2 Å². The van der Waals surface area contributed by atoms with Gasteiger partial charge < -0.3 is 28.2 Å². The van der Waals surface area contributed by atoms with Gasteiger partial charge in [-0.25, -0.2) is 0 Å². The Balaban J connectivity index is 1.83. The van der Waals surface area contributed by atoms with E-state index in [2.05, 4.69) is 0 Å². The van der Waals surface area contributed by atoms with Crippen molar-refractivity contribution in [2.75, 3.05) is 40.5 Å². The third-order valence-corrected chi connectivity index (χ3v) is 5.78. The maximum atomic E-state index is 13.4. The molecule has 0 spiro atoms. The van der Waals surface area contributed by atoms with Crippen molar-refractivity contribution in [1.29, 1.82) is 0 Å². The number of aromatic hydroxyl groups is 1. The van der Waals surface area contributed by atoms with Gasteiger partial charge in [-0.1, -0.05) is 0 Å². The SMILES string of the molecule is COC(=O)C[C@@H](c1oc(CN2CCOCC2)cc(=O)c1O)c1coc2ccc(OC)cc2c1=O. The summed E-state index contributed by atoms with van der Waals surface area (Å²) in [6, 6.07) is 5.97. The largest absolute Gasteiger partial charge is 0.502 e. The summed E-state index contributed by atoms with van der Waals surface area (Å²) < 4.78 is 26.9. The fourth-order valence-electron chi connectivity index (χ4n) is 3.94. The fraction of sp³-hybridized carbons (Fsp3) is 0.375. The molecule has 10 heteroatoms. The van der Waals surface area contributed by atoms with Crippen molar-refractivity contribution in [3.8, 4) is 11.5 Å². The second-order valence-electron chi connectivity index (χ2n) is 7.89. The highest BCUT2D eigenvalue weighted by Crippen LogP contribution is 2.33. The van der Waals surface area contributed by atoms with Gasteiger partial charge in [0.1, 0.15) is 17.1 Å². The van der Waals surface area contributed by atoms with Crippen LogP contribution in [0.5, 0.6) is 11.5 Å². The van der Waals surface area contributed by atoms with Gasteiger partial charge in [0, 0.05) is 24.7 Å². The van der Waals surface area contributed by atoms with Gasteiger partial charge in [0.05, 0.1) is 58.0 Å². The van der Waals surface area contributed by atoms with Crippen molar-refractivity contribution >= 4 is 16.9 Å². The Hall–Kier alpha value is -3.63. The van der Waals surface area contributed by atoms with Crippen molar-refractivity contribution in [3.63, 3.8) is 0 Å². The zero-order valence-electron chi connectivity index (χ0n) is 18.9. The van der Waals surface area contributed by atoms with Crippen LogP contribution < -0.4 is 15.6 Å². The highest BCUT2D eigenvalue weighted by atomic mass is 16.5. The number of fused-ring (bicyclic) bond motifs is 1. The number of rotatable bonds is 7. The van der Waals surface area contributed by atoms with E-state index in [0.717, 1.165) is 0 Å². The number of ether oxygens (including phenoxy) is 3. The molecule has 10 nitrogen and oxygen atoms in total. The molecule has 1 aliphatic heterocycles. The van der Waals surface area contributed by atoms with E-state index < -0.39 is 28.5 Å². The lowest BCUT2D eigenvalue weighted by Crippen LogP contribution is -2.35. The highest BCUT2D eigenvalue weighted by molar-refractivity contribution is 5.79. The van der Waals surface area contributed by atoms with E-state index in [1.807, 2.05) is 4.90 Å². The summed E-state index contributed by atoms with van der Waals surface area (Å²) in [6.45, 7) is 2.73. The van der Waals surface area contributed by atoms with Gasteiger partial charge in [-0.15, -0.1) is 0 Å². The second-order valence-corrected chi connectivity index (χ2v) is 7.89. The summed E-state index contributed by atoms with van der Waals surface area (Å²) in [5.74, 6) is -1.90. The summed E-state index contributed by atoms with van der Waals surface area (Å²) in [6.07, 6.45) is 0.854. The molecule has 3 heterocycles. The maximum Gasteiger partial charge on any atom is 0.306 e. The topological polar surface area (TPSA) is 129 Å². The standard InChI is InChI=1S/C24H25NO9/c1-30-14-3-4-20-17(9-14)22(28)18(13-33-20)16(11-21(27)31-2)24-23(29)19(26)10-15(34-24)12-25-5-7-32-8-6-25/h3-4,9-10,13,16,29H,5-8,11-12H2,1-2H3/t16-/m1/s1. The first-order valence-corrected chi connectivity index (χ1v) is 10.7. The summed E-state index contributed by atoms with van der Waals surface area (Å²) >= 11 is 0. The Kier molecular flexibility index (Phi) is 6.99. The molecule has 34 heavy (non-hydrogen) atoms. The van der Waals surface area contributed by atoms with Crippen LogP contribution in [-0.2, 0) is 20.8 Å². The summed E-state index contributed by atoms with van der Waals surface area (Å²) in [5.41, 5.74) is -0.771. The second kappa shape index (κ2) is 10.1. The van der Waals surface area contributed by atoms with Crippen molar-refractivity contribution in [3.05, 3.63) is 68.1 Å². The molecule has 180 valence electrons. The van der Waals surface area contributed by atoms with Crippen molar-refractivity contribution in [2.45, 2.75) is 18.9 Å². The van der Waals surface area contributed by atoms with Crippen LogP contribution in [0, 0.1) is 0 Å². The fourth-order valence-corrected chi connectivity index (χ4v) is 3.94. The van der Waals surface area contributed by atoms with Crippen LogP contribution in [0.3, 0.4) is 0 Å². The molecule has 4 rings (SSSR count). The predicted molar refractivity (Wildman–Crippen MR) is 120 cm³/mol. The van der Waals surface area contributed by atoms with Crippen LogP contribution >= 0.6 is 0 Å². The van der Waals surface area contributed by atoms with Gasteiger partial charge >= 0.3 is 5.97 Å². The Bertz CT molecular complexity index is 1300. The molecule has 1 atom stereocenters. The third-order valence-electron chi connectivity index (χ3n) is 5.78. The van der Waals surface area contributed by atoms with E-state index in [9.17, 15) is 19.5 Å². The van der Waals surface area contributed by atoms with Gasteiger partial charge in [0.2, 0.25) is 11.2 Å². The Labute approximate surface area is 194 Å². The van der Waals surface area contributed by atoms with E-state index in [1.54, 1.807) is 12.1 Å². The summed E-state index contributed by atoms with van der Waals surface area (Å²) in [4.78, 5) is 40.3. The molecule has 2 aromatic heterocycles. The minimum absolute atomic E-state index is 0.0353. The molecular formula is C24H25NO9. The number of benzene rings is 1. The molecular weight excluding hydrogens is 446 g/mol. The average Bonchev–Trinajstić information content (AvgIpc) is 2.85. The third kappa shape index (κ3) is 4.82. The molecule has 3 aromatic rings. The van der Waals surface area contributed by atoms with E-state index in [4.69, 9.17) is 23.0 Å². The van der Waals surface area contributed by atoms with Crippen LogP contribution in [-0.4, -0.2) is 56.5 Å². The maximum absolute atomic E-state index is 13.4. The zero-order chi connectivity index (χ0) is 24.2. The Morgan fingerprint density at radius 1 is 1.18 bits per heavy atom. The molecule has 0 bridgehead atoms. The molecule has 1 fully saturated rings. The first-order chi connectivity index (χ1) is 16.4. The predicted octanol–water partition coefficient (Wildman–Crippen LogP) is 1.99. The molecule has 1 N–H and O–H groups in total. The lowest BCUT2D eigenvalue weighted by atomic mass is 9.92. The summed E-state index contributed by atoms with van der Waals surface area (Å²) in [5, 5.41) is 10.8. The lowest BCUT2D eigenvalue weighted by molar-refractivity contribution is -0.140. The van der Waals surface area contributed by atoms with Crippen LogP contribution in [0.4, 0.5) is 0 Å². The number of methoxy groups -OCH3 is 2. The number of carbonyl (C=O) groups excluding carboxylic acids is 1. The van der Waals surface area contributed by atoms with E-state index in [0.29, 0.717) is 49.9 Å². The van der Waals surface area contributed by atoms with Crippen LogP contribution in [0.2, 0.25) is 0 Å². The van der Waals surface area contributed by atoms with Gasteiger partial charge in [0.15, 0.2) is 11.2 Å². The smallest absolute Gasteiger partial charge is 0.306 e. The normalized spacial score (nSPS) is 15.2. The molecule has 0 aliphatic carbocycles. The first kappa shape index (κ1) is 23.5. The van der Waals surface area contributed by atoms with Crippen LogP contribution in [0.25, 0.3) is 11.0 Å². The quantitative estimate of drug-likeness (QED) is 0.511. The molecule has 0 unspecified atom stereocenters. The van der Waals surface area contributed by atoms with Gasteiger partial charge in [-0.2, -0.15) is 0 Å². The Morgan fingerprint density at radius 2 is 1.94 bits per heavy atom. The monoisotopic (exact) mass is 471 g/mol. The van der Waals surface area contributed by atoms with E-state index in [1.165, 1.54) is 32.6 Å². The number of hydrogen-bond donors (Lipinski definition) is 1. The van der Waals surface area contributed by atoms with Crippen LogP contribution in [0.15, 0.2) is 49.0 Å². The van der Waals surface area contributed by atoms with Gasteiger partial charge in [0.25, 0.3) is 0 Å².